The van der Waals surface area contributed by atoms with E-state index in [4.69, 9.17) is 5.73 Å². The van der Waals surface area contributed by atoms with Crippen molar-refractivity contribution in [3.63, 3.8) is 0 Å². The highest BCUT2D eigenvalue weighted by atomic mass is 32.1. The Morgan fingerprint density at radius 1 is 1.38 bits per heavy atom. The Balaban J connectivity index is 2.12. The van der Waals surface area contributed by atoms with E-state index in [-0.39, 0.29) is 23.6 Å². The molecule has 0 saturated carbocycles. The lowest BCUT2D eigenvalue weighted by Gasteiger charge is -2.28. The fraction of sp³-hybridized carbons (Fsp3) is 0.444. The number of benzene rings is 1. The van der Waals surface area contributed by atoms with E-state index in [9.17, 15) is 9.90 Å². The number of carbonyl (C=O) groups excluding carboxylic acids is 1. The molecule has 5 nitrogen and oxygen atoms in total. The van der Waals surface area contributed by atoms with E-state index in [1.54, 1.807) is 35.2 Å². The zero-order chi connectivity index (χ0) is 17.7. The largest absolute Gasteiger partial charge is 0.508 e. The molecule has 0 aliphatic carbocycles. The van der Waals surface area contributed by atoms with Crippen LogP contribution in [0, 0.1) is 12.8 Å². The average molecular weight is 347 g/mol. The number of hydrogen-bond donors (Lipinski definition) is 2. The first-order chi connectivity index (χ1) is 11.4. The molecular formula is C18H25N3O2S. The normalized spacial score (nSPS) is 13.8. The monoisotopic (exact) mass is 347 g/mol. The van der Waals surface area contributed by atoms with Crippen molar-refractivity contribution in [1.29, 1.82) is 0 Å². The molecule has 0 radical (unpaired) electrons. The summed E-state index contributed by atoms with van der Waals surface area (Å²) in [5, 5.41) is 9.57. The summed E-state index contributed by atoms with van der Waals surface area (Å²) in [5.74, 6) is -0.203. The van der Waals surface area contributed by atoms with Crippen LogP contribution < -0.4 is 5.73 Å². The van der Waals surface area contributed by atoms with E-state index in [0.29, 0.717) is 12.8 Å². The molecule has 0 aliphatic heterocycles. The summed E-state index contributed by atoms with van der Waals surface area (Å²) in [5.41, 5.74) is 9.64. The first kappa shape index (κ1) is 18.4. The van der Waals surface area contributed by atoms with Crippen LogP contribution in [0.3, 0.4) is 0 Å². The Bertz CT molecular complexity index is 671. The number of nitrogens with zero attached hydrogens (tertiary/aromatic N) is 2. The molecular weight excluding hydrogens is 322 g/mol. The number of likely N-dealkylation sites (N-methyl/N-ethyl adjacent to an activating group) is 1. The number of carbonyl (C=O) groups is 1. The van der Waals surface area contributed by atoms with Gasteiger partial charge in [0.25, 0.3) is 0 Å². The van der Waals surface area contributed by atoms with E-state index >= 15 is 0 Å². The molecule has 1 heterocycles. The summed E-state index contributed by atoms with van der Waals surface area (Å²) in [6.45, 7) is 1.99. The molecule has 0 spiro atoms. The summed E-state index contributed by atoms with van der Waals surface area (Å²) >= 11 is 1.55. The van der Waals surface area contributed by atoms with Gasteiger partial charge in [-0.2, -0.15) is 0 Å². The Labute approximate surface area is 147 Å². The van der Waals surface area contributed by atoms with Crippen LogP contribution >= 0.6 is 11.3 Å². The predicted molar refractivity (Wildman–Crippen MR) is 97.1 cm³/mol. The van der Waals surface area contributed by atoms with Crippen molar-refractivity contribution >= 4 is 17.2 Å². The summed E-state index contributed by atoms with van der Waals surface area (Å²) in [6.07, 6.45) is 3.94. The first-order valence-electron chi connectivity index (χ1n) is 7.98. The zero-order valence-corrected chi connectivity index (χ0v) is 15.2. The van der Waals surface area contributed by atoms with Crippen LogP contribution in [-0.2, 0) is 17.6 Å². The van der Waals surface area contributed by atoms with Gasteiger partial charge in [-0.25, -0.2) is 0 Å². The van der Waals surface area contributed by atoms with Gasteiger partial charge in [-0.3, -0.25) is 9.78 Å². The Kier molecular flexibility index (Phi) is 6.34. The molecule has 0 bridgehead atoms. The van der Waals surface area contributed by atoms with Gasteiger partial charge < -0.3 is 15.7 Å². The minimum atomic E-state index is -0.266. The van der Waals surface area contributed by atoms with Crippen LogP contribution in [-0.4, -0.2) is 41.0 Å². The summed E-state index contributed by atoms with van der Waals surface area (Å²) in [4.78, 5) is 19.2. The molecule has 0 fully saturated rings. The molecule has 2 atom stereocenters. The number of amides is 1. The number of phenols is 1. The molecule has 130 valence electrons. The average Bonchev–Trinajstić information content (AvgIpc) is 3.00. The van der Waals surface area contributed by atoms with Gasteiger partial charge in [0, 0.05) is 23.0 Å². The number of nitrogens with two attached hydrogens (primary N) is 1. The topological polar surface area (TPSA) is 79.5 Å². The Morgan fingerprint density at radius 2 is 2.12 bits per heavy atom. The fourth-order valence-corrected chi connectivity index (χ4v) is 3.53. The molecule has 24 heavy (non-hydrogen) atoms. The van der Waals surface area contributed by atoms with Crippen molar-refractivity contribution in [1.82, 2.24) is 9.88 Å². The number of phenolic OH excluding ortho intramolecular Hbond substituents is 1. The first-order valence-corrected chi connectivity index (χ1v) is 8.86. The number of hydrogen-bond acceptors (Lipinski definition) is 5. The molecule has 6 heteroatoms. The van der Waals surface area contributed by atoms with Crippen molar-refractivity contribution < 1.29 is 9.90 Å². The number of aromatic nitrogens is 1. The van der Waals surface area contributed by atoms with Crippen molar-refractivity contribution in [2.24, 2.45) is 11.7 Å². The highest BCUT2D eigenvalue weighted by molar-refractivity contribution is 7.09. The van der Waals surface area contributed by atoms with E-state index in [1.807, 2.05) is 27.1 Å². The van der Waals surface area contributed by atoms with Gasteiger partial charge in [0.05, 0.1) is 5.51 Å². The maximum absolute atomic E-state index is 11.9. The Hall–Kier alpha value is -1.92. The van der Waals surface area contributed by atoms with Crippen LogP contribution in [0.25, 0.3) is 0 Å². The van der Waals surface area contributed by atoms with Crippen molar-refractivity contribution in [2.75, 3.05) is 14.1 Å². The standard InChI is InChI=1S/C18H25N3O2S/c1-12-6-16(22)5-4-13(12)7-15(21(2)3)8-14(18(19)23)9-17-10-20-11-24-17/h4-6,10-11,14-15,22H,7-9H2,1-3H3,(H2,19,23)/t14?,15-/m1/s1. The van der Waals surface area contributed by atoms with E-state index in [1.165, 1.54) is 5.56 Å². The van der Waals surface area contributed by atoms with Gasteiger partial charge in [0.2, 0.25) is 5.91 Å². The van der Waals surface area contributed by atoms with Crippen molar-refractivity contribution in [3.05, 3.63) is 45.9 Å². The molecule has 2 aromatic rings. The third kappa shape index (κ3) is 5.04. The number of rotatable bonds is 8. The number of aromatic hydroxyl groups is 1. The second-order valence-electron chi connectivity index (χ2n) is 6.44. The van der Waals surface area contributed by atoms with Gasteiger partial charge in [0.15, 0.2) is 0 Å². The predicted octanol–water partition coefficient (Wildman–Crippen LogP) is 2.36. The van der Waals surface area contributed by atoms with Gasteiger partial charge in [-0.15, -0.1) is 11.3 Å². The smallest absolute Gasteiger partial charge is 0.220 e. The highest BCUT2D eigenvalue weighted by Crippen LogP contribution is 2.23. The van der Waals surface area contributed by atoms with E-state index in [0.717, 1.165) is 16.9 Å². The minimum Gasteiger partial charge on any atom is -0.508 e. The Morgan fingerprint density at radius 3 is 2.67 bits per heavy atom. The molecule has 1 aromatic carbocycles. The zero-order valence-electron chi connectivity index (χ0n) is 14.4. The molecule has 2 rings (SSSR count). The van der Waals surface area contributed by atoms with E-state index in [2.05, 4.69) is 9.88 Å². The van der Waals surface area contributed by atoms with Gasteiger partial charge in [-0.1, -0.05) is 6.07 Å². The lowest BCUT2D eigenvalue weighted by molar-refractivity contribution is -0.122. The maximum atomic E-state index is 11.9. The SMILES string of the molecule is Cc1cc(O)ccc1C[C@H](CC(Cc1cncs1)C(N)=O)N(C)C. The molecule has 0 saturated heterocycles. The molecule has 3 N–H and O–H groups in total. The maximum Gasteiger partial charge on any atom is 0.220 e. The van der Waals surface area contributed by atoms with Crippen LogP contribution in [0.1, 0.15) is 22.4 Å². The van der Waals surface area contributed by atoms with Gasteiger partial charge in [0.1, 0.15) is 5.75 Å². The van der Waals surface area contributed by atoms with Crippen molar-refractivity contribution in [2.45, 2.75) is 32.2 Å². The quantitative estimate of drug-likeness (QED) is 0.768. The highest BCUT2D eigenvalue weighted by Gasteiger charge is 2.24. The second kappa shape index (κ2) is 8.26. The lowest BCUT2D eigenvalue weighted by Crippen LogP contribution is -2.36. The summed E-state index contributed by atoms with van der Waals surface area (Å²) < 4.78 is 0. The summed E-state index contributed by atoms with van der Waals surface area (Å²) in [6, 6.07) is 5.62. The molecule has 1 amide bonds. The third-order valence-electron chi connectivity index (χ3n) is 4.40. The van der Waals surface area contributed by atoms with Crippen LogP contribution in [0.4, 0.5) is 0 Å². The molecule has 1 aromatic heterocycles. The van der Waals surface area contributed by atoms with Gasteiger partial charge in [-0.05, 0) is 63.5 Å². The number of aryl methyl sites for hydroxylation is 1. The number of primary amides is 1. The lowest BCUT2D eigenvalue weighted by atomic mass is 9.90. The van der Waals surface area contributed by atoms with Gasteiger partial charge >= 0.3 is 0 Å². The third-order valence-corrected chi connectivity index (χ3v) is 5.20. The second-order valence-corrected chi connectivity index (χ2v) is 7.41. The van der Waals surface area contributed by atoms with Crippen LogP contribution in [0.15, 0.2) is 29.9 Å². The fourth-order valence-electron chi connectivity index (χ4n) is 2.85. The number of thiazole rings is 1. The van der Waals surface area contributed by atoms with Crippen LogP contribution in [0.2, 0.25) is 0 Å². The van der Waals surface area contributed by atoms with Crippen LogP contribution in [0.5, 0.6) is 5.75 Å². The molecule has 0 aliphatic rings. The molecule has 1 unspecified atom stereocenters. The van der Waals surface area contributed by atoms with Crippen molar-refractivity contribution in [3.8, 4) is 5.75 Å². The summed E-state index contributed by atoms with van der Waals surface area (Å²) in [7, 11) is 4.04. The van der Waals surface area contributed by atoms with E-state index < -0.39 is 0 Å². The minimum absolute atomic E-state index is 0.193.